The van der Waals surface area contributed by atoms with Crippen molar-refractivity contribution in [3.05, 3.63) is 52.8 Å². The normalized spacial score (nSPS) is 11.2. The minimum atomic E-state index is -0.388. The van der Waals surface area contributed by atoms with Crippen molar-refractivity contribution < 1.29 is 9.53 Å². The Morgan fingerprint density at radius 1 is 1.17 bits per heavy atom. The number of hydrogen-bond acceptors (Lipinski definition) is 4. The fourth-order valence-electron chi connectivity index (χ4n) is 2.76. The molecule has 3 aromatic rings. The maximum atomic E-state index is 12.7. The molecule has 3 rings (SSSR count). The van der Waals surface area contributed by atoms with Crippen LogP contribution in [0.25, 0.3) is 11.0 Å². The summed E-state index contributed by atoms with van der Waals surface area (Å²) in [6.45, 7) is 9.87. The second-order valence-corrected chi connectivity index (χ2v) is 6.39. The third-order valence-electron chi connectivity index (χ3n) is 3.94. The van der Waals surface area contributed by atoms with Crippen LogP contribution in [0.15, 0.2) is 30.5 Å². The van der Waals surface area contributed by atoms with Crippen molar-refractivity contribution in [1.82, 2.24) is 14.8 Å². The van der Waals surface area contributed by atoms with E-state index in [1.807, 2.05) is 57.5 Å². The van der Waals surface area contributed by atoms with Crippen LogP contribution in [0.1, 0.15) is 47.1 Å². The molecule has 24 heavy (non-hydrogen) atoms. The smallest absolute Gasteiger partial charge is 0.344 e. The minimum absolute atomic E-state index is 0.167. The van der Waals surface area contributed by atoms with Crippen molar-refractivity contribution in [1.29, 1.82) is 0 Å². The zero-order chi connectivity index (χ0) is 17.4. The summed E-state index contributed by atoms with van der Waals surface area (Å²) in [5, 5.41) is 5.07. The highest BCUT2D eigenvalue weighted by atomic mass is 16.5. The maximum absolute atomic E-state index is 12.7. The van der Waals surface area contributed by atoms with Gasteiger partial charge < -0.3 is 4.74 Å². The molecule has 5 heteroatoms. The second-order valence-electron chi connectivity index (χ2n) is 6.39. The van der Waals surface area contributed by atoms with Gasteiger partial charge in [0.15, 0.2) is 5.65 Å². The SMILES string of the molecule is Cc1ccc(OC(=O)c2cc(C)nc3c2cnn3C(C)C)c(C)c1. The average molecular weight is 323 g/mol. The van der Waals surface area contributed by atoms with Crippen LogP contribution in [0, 0.1) is 20.8 Å². The van der Waals surface area contributed by atoms with Crippen LogP contribution in [-0.2, 0) is 0 Å². The number of benzene rings is 1. The van der Waals surface area contributed by atoms with Crippen molar-refractivity contribution in [3.8, 4) is 5.75 Å². The molecule has 124 valence electrons. The summed E-state index contributed by atoms with van der Waals surface area (Å²) in [7, 11) is 0. The molecule has 0 aliphatic heterocycles. The number of aryl methyl sites for hydroxylation is 3. The van der Waals surface area contributed by atoms with Gasteiger partial charge in [-0.25, -0.2) is 14.5 Å². The highest BCUT2D eigenvalue weighted by Gasteiger charge is 2.19. The van der Waals surface area contributed by atoms with Gasteiger partial charge in [-0.15, -0.1) is 0 Å². The fourth-order valence-corrected chi connectivity index (χ4v) is 2.76. The van der Waals surface area contributed by atoms with Gasteiger partial charge in [0.2, 0.25) is 0 Å². The first-order valence-electron chi connectivity index (χ1n) is 8.01. The minimum Gasteiger partial charge on any atom is -0.423 e. The lowest BCUT2D eigenvalue weighted by atomic mass is 10.1. The van der Waals surface area contributed by atoms with Gasteiger partial charge in [-0.2, -0.15) is 5.10 Å². The monoisotopic (exact) mass is 323 g/mol. The topological polar surface area (TPSA) is 57.0 Å². The molecule has 0 radical (unpaired) electrons. The summed E-state index contributed by atoms with van der Waals surface area (Å²) in [5.74, 6) is 0.185. The van der Waals surface area contributed by atoms with Crippen LogP contribution in [0.2, 0.25) is 0 Å². The number of ether oxygens (including phenoxy) is 1. The number of pyridine rings is 1. The van der Waals surface area contributed by atoms with Gasteiger partial charge in [-0.3, -0.25) is 0 Å². The molecule has 0 atom stereocenters. The number of esters is 1. The number of carbonyl (C=O) groups excluding carboxylic acids is 1. The van der Waals surface area contributed by atoms with E-state index in [1.54, 1.807) is 12.3 Å². The average Bonchev–Trinajstić information content (AvgIpc) is 2.92. The summed E-state index contributed by atoms with van der Waals surface area (Å²) in [6.07, 6.45) is 1.68. The quantitative estimate of drug-likeness (QED) is 0.536. The molecular formula is C19H21N3O2. The number of aromatic nitrogens is 3. The lowest BCUT2D eigenvalue weighted by Crippen LogP contribution is -2.11. The van der Waals surface area contributed by atoms with Crippen molar-refractivity contribution in [3.63, 3.8) is 0 Å². The van der Waals surface area contributed by atoms with E-state index >= 15 is 0 Å². The van der Waals surface area contributed by atoms with Crippen LogP contribution < -0.4 is 4.74 Å². The molecule has 5 nitrogen and oxygen atoms in total. The first-order chi connectivity index (χ1) is 11.4. The molecular weight excluding hydrogens is 302 g/mol. The fraction of sp³-hybridized carbons (Fsp3) is 0.316. The van der Waals surface area contributed by atoms with E-state index in [4.69, 9.17) is 4.74 Å². The van der Waals surface area contributed by atoms with Crippen LogP contribution in [0.4, 0.5) is 0 Å². The molecule has 2 aromatic heterocycles. The van der Waals surface area contributed by atoms with Crippen molar-refractivity contribution >= 4 is 17.0 Å². The van der Waals surface area contributed by atoms with Gasteiger partial charge in [-0.1, -0.05) is 17.7 Å². The third kappa shape index (κ3) is 2.89. The van der Waals surface area contributed by atoms with E-state index < -0.39 is 0 Å². The Hall–Kier alpha value is -2.69. The molecule has 0 bridgehead atoms. The van der Waals surface area contributed by atoms with Gasteiger partial charge >= 0.3 is 5.97 Å². The molecule has 0 aliphatic carbocycles. The van der Waals surface area contributed by atoms with E-state index in [0.717, 1.165) is 16.8 Å². The molecule has 0 saturated carbocycles. The Balaban J connectivity index is 2.03. The van der Waals surface area contributed by atoms with E-state index in [0.29, 0.717) is 22.3 Å². The highest BCUT2D eigenvalue weighted by Crippen LogP contribution is 2.24. The van der Waals surface area contributed by atoms with Crippen LogP contribution in [-0.4, -0.2) is 20.7 Å². The van der Waals surface area contributed by atoms with E-state index in [1.165, 1.54) is 0 Å². The van der Waals surface area contributed by atoms with Gasteiger partial charge in [-0.05, 0) is 52.3 Å². The Morgan fingerprint density at radius 3 is 2.58 bits per heavy atom. The first kappa shape index (κ1) is 16.2. The molecule has 0 aliphatic rings. The number of carbonyl (C=O) groups is 1. The number of hydrogen-bond donors (Lipinski definition) is 0. The molecule has 0 saturated heterocycles. The zero-order valence-corrected chi connectivity index (χ0v) is 14.6. The Bertz CT molecular complexity index is 926. The van der Waals surface area contributed by atoms with E-state index in [2.05, 4.69) is 10.1 Å². The van der Waals surface area contributed by atoms with Gasteiger partial charge in [0.25, 0.3) is 0 Å². The highest BCUT2D eigenvalue weighted by molar-refractivity contribution is 6.03. The first-order valence-corrected chi connectivity index (χ1v) is 8.01. The summed E-state index contributed by atoms with van der Waals surface area (Å²) in [4.78, 5) is 17.2. The molecule has 0 N–H and O–H groups in total. The van der Waals surface area contributed by atoms with Crippen molar-refractivity contribution in [2.45, 2.75) is 40.7 Å². The Morgan fingerprint density at radius 2 is 1.92 bits per heavy atom. The molecule has 0 spiro atoms. The van der Waals surface area contributed by atoms with Gasteiger partial charge in [0.05, 0.1) is 17.1 Å². The predicted octanol–water partition coefficient (Wildman–Crippen LogP) is 4.16. The Kier molecular flexibility index (Phi) is 4.09. The maximum Gasteiger partial charge on any atom is 0.344 e. The molecule has 0 unspecified atom stereocenters. The second kappa shape index (κ2) is 6.07. The molecule has 0 amide bonds. The van der Waals surface area contributed by atoms with Crippen molar-refractivity contribution in [2.24, 2.45) is 0 Å². The van der Waals surface area contributed by atoms with Crippen LogP contribution in [0.3, 0.4) is 0 Å². The third-order valence-corrected chi connectivity index (χ3v) is 3.94. The predicted molar refractivity (Wildman–Crippen MR) is 93.5 cm³/mol. The van der Waals surface area contributed by atoms with Crippen LogP contribution >= 0.6 is 0 Å². The summed E-state index contributed by atoms with van der Waals surface area (Å²) in [6, 6.07) is 7.67. The summed E-state index contributed by atoms with van der Waals surface area (Å²) >= 11 is 0. The number of rotatable bonds is 3. The molecule has 1 aromatic carbocycles. The molecule has 0 fully saturated rings. The van der Waals surface area contributed by atoms with Gasteiger partial charge in [0.1, 0.15) is 5.75 Å². The van der Waals surface area contributed by atoms with Gasteiger partial charge in [0, 0.05) is 11.7 Å². The van der Waals surface area contributed by atoms with Crippen molar-refractivity contribution in [2.75, 3.05) is 0 Å². The standard InChI is InChI=1S/C19H21N3O2/c1-11(2)22-18-16(10-20-22)15(9-14(5)21-18)19(23)24-17-7-6-12(3)8-13(17)4/h6-11H,1-5H3. The summed E-state index contributed by atoms with van der Waals surface area (Å²) in [5.41, 5.74) is 4.02. The number of fused-ring (bicyclic) bond motifs is 1. The largest absolute Gasteiger partial charge is 0.423 e. The van der Waals surface area contributed by atoms with E-state index in [9.17, 15) is 4.79 Å². The van der Waals surface area contributed by atoms with Crippen LogP contribution in [0.5, 0.6) is 5.75 Å². The molecule has 2 heterocycles. The lowest BCUT2D eigenvalue weighted by molar-refractivity contribution is 0.0735. The van der Waals surface area contributed by atoms with E-state index in [-0.39, 0.29) is 12.0 Å². The lowest BCUT2D eigenvalue weighted by Gasteiger charge is -2.10. The zero-order valence-electron chi connectivity index (χ0n) is 14.6. The summed E-state index contributed by atoms with van der Waals surface area (Å²) < 4.78 is 7.43. The number of nitrogens with zero attached hydrogens (tertiary/aromatic N) is 3. The Labute approximate surface area is 141 Å².